The van der Waals surface area contributed by atoms with E-state index >= 15 is 0 Å². The molecule has 28 heavy (non-hydrogen) atoms. The van der Waals surface area contributed by atoms with E-state index in [1.807, 2.05) is 6.07 Å². The van der Waals surface area contributed by atoms with Gasteiger partial charge in [-0.25, -0.2) is 19.7 Å². The number of anilines is 2. The van der Waals surface area contributed by atoms with E-state index in [9.17, 15) is 9.90 Å². The van der Waals surface area contributed by atoms with Crippen LogP contribution in [0.4, 0.5) is 16.3 Å². The maximum absolute atomic E-state index is 12.2. The molecule has 0 aliphatic rings. The molecule has 4 aromatic rings. The predicted octanol–water partition coefficient (Wildman–Crippen LogP) is 5.43. The number of carbonyl (C=O) groups is 1. The number of benzene rings is 2. The molecule has 0 atom stereocenters. The number of aromatic nitrogens is 3. The summed E-state index contributed by atoms with van der Waals surface area (Å²) in [5.41, 5.74) is 2.91. The Morgan fingerprint density at radius 3 is 2.79 bits per heavy atom. The van der Waals surface area contributed by atoms with Crippen LogP contribution in [0, 0.1) is 6.92 Å². The van der Waals surface area contributed by atoms with Crippen LogP contribution >= 0.6 is 27.5 Å². The van der Waals surface area contributed by atoms with Gasteiger partial charge in [0.1, 0.15) is 11.3 Å². The third-order valence-electron chi connectivity index (χ3n) is 4.42. The largest absolute Gasteiger partial charge is 0.495 e. The summed E-state index contributed by atoms with van der Waals surface area (Å²) in [6.45, 7) is 1.80. The Balaban J connectivity index is 2.08. The molecule has 0 fully saturated rings. The molecule has 2 heterocycles. The Kier molecular flexibility index (Phi) is 4.60. The van der Waals surface area contributed by atoms with Crippen LogP contribution in [0.2, 0.25) is 5.02 Å². The fourth-order valence-corrected chi connectivity index (χ4v) is 3.96. The number of para-hydroxylation sites is 1. The zero-order valence-electron chi connectivity index (χ0n) is 14.8. The van der Waals surface area contributed by atoms with Gasteiger partial charge in [0, 0.05) is 6.07 Å². The number of fused-ring (bicyclic) bond motifs is 3. The Bertz CT molecular complexity index is 1220. The smallest absolute Gasteiger partial charge is 0.417 e. The number of amides is 1. The molecule has 9 heteroatoms. The van der Waals surface area contributed by atoms with Crippen LogP contribution in [0.5, 0.6) is 5.75 Å². The van der Waals surface area contributed by atoms with Crippen molar-refractivity contribution in [1.29, 1.82) is 0 Å². The average molecular weight is 462 g/mol. The average Bonchev–Trinajstić information content (AvgIpc) is 3.13. The quantitative estimate of drug-likeness (QED) is 0.440. The summed E-state index contributed by atoms with van der Waals surface area (Å²) in [5, 5.41) is 10.3. The lowest BCUT2D eigenvalue weighted by Crippen LogP contribution is -2.26. The van der Waals surface area contributed by atoms with Crippen molar-refractivity contribution in [2.45, 2.75) is 6.92 Å². The van der Waals surface area contributed by atoms with Crippen LogP contribution in [-0.2, 0) is 0 Å². The number of methoxy groups -OCH3 is 1. The highest BCUT2D eigenvalue weighted by molar-refractivity contribution is 9.10. The molecule has 1 N–H and O–H groups in total. The Hall–Kier alpha value is -2.84. The number of aryl methyl sites for hydroxylation is 1. The van der Waals surface area contributed by atoms with Crippen molar-refractivity contribution < 1.29 is 14.6 Å². The van der Waals surface area contributed by atoms with E-state index in [0.29, 0.717) is 37.5 Å². The lowest BCUT2D eigenvalue weighted by atomic mass is 10.2. The molecule has 2 aromatic heterocycles. The van der Waals surface area contributed by atoms with Gasteiger partial charge in [0.2, 0.25) is 0 Å². The summed E-state index contributed by atoms with van der Waals surface area (Å²) in [7, 11) is 1.57. The minimum Gasteiger partial charge on any atom is -0.495 e. The van der Waals surface area contributed by atoms with Crippen molar-refractivity contribution in [2.75, 3.05) is 12.0 Å². The van der Waals surface area contributed by atoms with Crippen LogP contribution < -0.4 is 9.64 Å². The van der Waals surface area contributed by atoms with E-state index in [0.717, 1.165) is 10.4 Å². The van der Waals surface area contributed by atoms with Gasteiger partial charge in [-0.1, -0.05) is 23.7 Å². The lowest BCUT2D eigenvalue weighted by molar-refractivity contribution is 0.204. The van der Waals surface area contributed by atoms with Crippen molar-refractivity contribution >= 4 is 61.7 Å². The first-order valence-corrected chi connectivity index (χ1v) is 9.37. The molecule has 0 spiro atoms. The number of ether oxygens (including phenoxy) is 1. The summed E-state index contributed by atoms with van der Waals surface area (Å²) in [4.78, 5) is 22.2. The standard InChI is InChI=1S/C19H14BrClN4O3/c1-10-4-3-5-12(21)17(10)25(19(26)27)18-15-8-22-9-24(15)14-7-16(28-2)11(20)6-13(14)23-18/h3-9H,1-2H3,(H,26,27). The number of imidazole rings is 1. The van der Waals surface area contributed by atoms with Crippen LogP contribution in [0.1, 0.15) is 5.56 Å². The molecule has 142 valence electrons. The van der Waals surface area contributed by atoms with E-state index in [2.05, 4.69) is 25.9 Å². The van der Waals surface area contributed by atoms with Crippen molar-refractivity contribution in [2.24, 2.45) is 0 Å². The van der Waals surface area contributed by atoms with Crippen molar-refractivity contribution in [3.63, 3.8) is 0 Å². The predicted molar refractivity (Wildman–Crippen MR) is 111 cm³/mol. The topological polar surface area (TPSA) is 80.0 Å². The first-order chi connectivity index (χ1) is 13.4. The highest BCUT2D eigenvalue weighted by Gasteiger charge is 2.26. The third kappa shape index (κ3) is 2.85. The van der Waals surface area contributed by atoms with Gasteiger partial charge in [-0.05, 0) is 40.5 Å². The SMILES string of the molecule is COc1cc2c(cc1Br)nc(N(C(=O)O)c1c(C)cccc1Cl)c1cncn12. The van der Waals surface area contributed by atoms with Gasteiger partial charge in [0.05, 0.1) is 45.9 Å². The number of rotatable bonds is 3. The van der Waals surface area contributed by atoms with Gasteiger partial charge in [-0.3, -0.25) is 4.40 Å². The zero-order chi connectivity index (χ0) is 20.0. The van der Waals surface area contributed by atoms with Gasteiger partial charge in [0.15, 0.2) is 5.82 Å². The van der Waals surface area contributed by atoms with E-state index in [-0.39, 0.29) is 5.82 Å². The minimum atomic E-state index is -1.20. The number of nitrogens with zero attached hydrogens (tertiary/aromatic N) is 4. The zero-order valence-corrected chi connectivity index (χ0v) is 17.2. The van der Waals surface area contributed by atoms with Crippen LogP contribution in [0.25, 0.3) is 16.6 Å². The summed E-state index contributed by atoms with van der Waals surface area (Å²) >= 11 is 9.80. The summed E-state index contributed by atoms with van der Waals surface area (Å²) < 4.78 is 7.84. The Morgan fingerprint density at radius 1 is 1.32 bits per heavy atom. The van der Waals surface area contributed by atoms with Gasteiger partial charge in [-0.15, -0.1) is 0 Å². The molecule has 0 saturated carbocycles. The van der Waals surface area contributed by atoms with E-state index in [1.165, 1.54) is 0 Å². The highest BCUT2D eigenvalue weighted by atomic mass is 79.9. The van der Waals surface area contributed by atoms with Gasteiger partial charge in [-0.2, -0.15) is 0 Å². The Labute approximate surface area is 173 Å². The second kappa shape index (κ2) is 6.96. The first kappa shape index (κ1) is 18.5. The van der Waals surface area contributed by atoms with Gasteiger partial charge in [0.25, 0.3) is 0 Å². The molecular weight excluding hydrogens is 448 g/mol. The third-order valence-corrected chi connectivity index (χ3v) is 5.34. The molecule has 2 aromatic carbocycles. The van der Waals surface area contributed by atoms with Crippen LogP contribution in [0.3, 0.4) is 0 Å². The van der Waals surface area contributed by atoms with E-state index < -0.39 is 6.09 Å². The number of hydrogen-bond acceptors (Lipinski definition) is 4. The second-order valence-electron chi connectivity index (χ2n) is 6.08. The van der Waals surface area contributed by atoms with Gasteiger partial charge < -0.3 is 9.84 Å². The number of carboxylic acid groups (broad SMARTS) is 1. The molecule has 0 aliphatic carbocycles. The summed E-state index contributed by atoms with van der Waals surface area (Å²) in [6, 6.07) is 8.81. The molecule has 0 bridgehead atoms. The maximum Gasteiger partial charge on any atom is 0.417 e. The number of hydrogen-bond donors (Lipinski definition) is 1. The maximum atomic E-state index is 12.2. The summed E-state index contributed by atoms with van der Waals surface area (Å²) in [5.74, 6) is 0.847. The minimum absolute atomic E-state index is 0.214. The van der Waals surface area contributed by atoms with Crippen molar-refractivity contribution in [3.05, 3.63) is 57.9 Å². The van der Waals surface area contributed by atoms with E-state index in [1.54, 1.807) is 55.2 Å². The monoisotopic (exact) mass is 460 g/mol. The first-order valence-electron chi connectivity index (χ1n) is 8.20. The molecular formula is C19H14BrClN4O3. The van der Waals surface area contributed by atoms with Crippen LogP contribution in [-0.4, -0.2) is 32.7 Å². The van der Waals surface area contributed by atoms with Crippen LogP contribution in [0.15, 0.2) is 47.3 Å². The highest BCUT2D eigenvalue weighted by Crippen LogP contribution is 2.38. The fourth-order valence-electron chi connectivity index (χ4n) is 3.16. The normalized spacial score (nSPS) is 11.1. The molecule has 0 saturated heterocycles. The summed E-state index contributed by atoms with van der Waals surface area (Å²) in [6.07, 6.45) is 1.98. The molecule has 0 unspecified atom stereocenters. The molecule has 4 rings (SSSR count). The van der Waals surface area contributed by atoms with Crippen molar-refractivity contribution in [3.8, 4) is 5.75 Å². The molecule has 0 radical (unpaired) electrons. The molecule has 1 amide bonds. The van der Waals surface area contributed by atoms with E-state index in [4.69, 9.17) is 16.3 Å². The van der Waals surface area contributed by atoms with Gasteiger partial charge >= 0.3 is 6.09 Å². The second-order valence-corrected chi connectivity index (χ2v) is 7.34. The fraction of sp³-hybridized carbons (Fsp3) is 0.105. The molecule has 0 aliphatic heterocycles. The Morgan fingerprint density at radius 2 is 2.11 bits per heavy atom. The van der Waals surface area contributed by atoms with Crippen molar-refractivity contribution in [1.82, 2.24) is 14.4 Å². The number of halogens is 2. The molecule has 7 nitrogen and oxygen atoms in total. The lowest BCUT2D eigenvalue weighted by Gasteiger charge is -2.23.